The number of rotatable bonds is 3. The fourth-order valence-electron chi connectivity index (χ4n) is 2.08. The lowest BCUT2D eigenvalue weighted by atomic mass is 10.2. The molecule has 9 heteroatoms. The van der Waals surface area contributed by atoms with Crippen molar-refractivity contribution in [2.45, 2.75) is 6.54 Å². The summed E-state index contributed by atoms with van der Waals surface area (Å²) in [5.74, 6) is 0.128. The molecule has 0 unspecified atom stereocenters. The fourth-order valence-corrected chi connectivity index (χ4v) is 2.96. The van der Waals surface area contributed by atoms with Gasteiger partial charge in [-0.2, -0.15) is 0 Å². The molecule has 0 radical (unpaired) electrons. The monoisotopic (exact) mass is 352 g/mol. The van der Waals surface area contributed by atoms with Crippen LogP contribution in [0.3, 0.4) is 0 Å². The van der Waals surface area contributed by atoms with Gasteiger partial charge in [0.2, 0.25) is 0 Å². The molecule has 1 aliphatic heterocycles. The maximum absolute atomic E-state index is 12.3. The number of hydrogen-bond acceptors (Lipinski definition) is 5. The van der Waals surface area contributed by atoms with Gasteiger partial charge in [0.15, 0.2) is 12.4 Å². The van der Waals surface area contributed by atoms with Gasteiger partial charge in [-0.1, -0.05) is 11.6 Å². The number of urea groups is 1. The van der Waals surface area contributed by atoms with Gasteiger partial charge in [-0.15, -0.1) is 11.3 Å². The summed E-state index contributed by atoms with van der Waals surface area (Å²) >= 11 is 7.50. The Kier molecular flexibility index (Phi) is 4.35. The van der Waals surface area contributed by atoms with Crippen LogP contribution >= 0.6 is 22.9 Å². The molecule has 1 aliphatic rings. The Morgan fingerprint density at radius 1 is 1.57 bits per heavy atom. The zero-order valence-electron chi connectivity index (χ0n) is 12.1. The molecule has 2 N–H and O–H groups in total. The second-order valence-corrected chi connectivity index (χ2v) is 6.29. The third-order valence-corrected chi connectivity index (χ3v) is 4.10. The van der Waals surface area contributed by atoms with E-state index in [-0.39, 0.29) is 18.5 Å². The summed E-state index contributed by atoms with van der Waals surface area (Å²) in [4.78, 5) is 29.3. The Morgan fingerprint density at radius 3 is 3.13 bits per heavy atom. The molecule has 0 spiro atoms. The van der Waals surface area contributed by atoms with Gasteiger partial charge >= 0.3 is 6.03 Å². The molecule has 3 amide bonds. The second-order valence-electron chi connectivity index (χ2n) is 4.88. The number of fused-ring (bicyclic) bond motifs is 1. The van der Waals surface area contributed by atoms with Crippen molar-refractivity contribution in [3.05, 3.63) is 33.7 Å². The van der Waals surface area contributed by atoms with Crippen molar-refractivity contribution < 1.29 is 14.3 Å². The number of nitrogens with one attached hydrogen (secondary N) is 2. The minimum Gasteiger partial charge on any atom is -0.479 e. The van der Waals surface area contributed by atoms with Gasteiger partial charge in [0.05, 0.1) is 17.9 Å². The molecule has 0 fully saturated rings. The van der Waals surface area contributed by atoms with Crippen LogP contribution in [0.15, 0.2) is 23.7 Å². The molecule has 3 rings (SSSR count). The average molecular weight is 353 g/mol. The molecule has 120 valence electrons. The lowest BCUT2D eigenvalue weighted by molar-refractivity contribution is -0.118. The summed E-state index contributed by atoms with van der Waals surface area (Å²) in [6, 6.07) is 2.82. The van der Waals surface area contributed by atoms with Gasteiger partial charge in [0, 0.05) is 23.6 Å². The SMILES string of the molecule is CN(Cc1nccs1)C(=O)Nc1cc(Cl)cc2c1OCC(=O)N2. The van der Waals surface area contributed by atoms with Crippen LogP contribution in [0, 0.1) is 0 Å². The Balaban J connectivity index is 1.77. The number of anilines is 2. The second kappa shape index (κ2) is 6.43. The van der Waals surface area contributed by atoms with Crippen LogP contribution in [-0.2, 0) is 11.3 Å². The Hall–Kier alpha value is -2.32. The van der Waals surface area contributed by atoms with E-state index < -0.39 is 0 Å². The molecule has 2 aromatic rings. The highest BCUT2D eigenvalue weighted by Crippen LogP contribution is 2.38. The van der Waals surface area contributed by atoms with Crippen LogP contribution in [-0.4, -0.2) is 35.5 Å². The number of aromatic nitrogens is 1. The van der Waals surface area contributed by atoms with Crippen LogP contribution in [0.1, 0.15) is 5.01 Å². The molecule has 0 aliphatic carbocycles. The topological polar surface area (TPSA) is 83.6 Å². The average Bonchev–Trinajstić information content (AvgIpc) is 2.99. The normalized spacial score (nSPS) is 12.9. The van der Waals surface area contributed by atoms with Crippen molar-refractivity contribution >= 4 is 46.3 Å². The zero-order valence-corrected chi connectivity index (χ0v) is 13.7. The molecular formula is C14H13ClN4O3S. The van der Waals surface area contributed by atoms with Gasteiger partial charge < -0.3 is 20.3 Å². The van der Waals surface area contributed by atoms with E-state index in [0.717, 1.165) is 5.01 Å². The van der Waals surface area contributed by atoms with Crippen molar-refractivity contribution in [2.24, 2.45) is 0 Å². The highest BCUT2D eigenvalue weighted by atomic mass is 35.5. The third-order valence-electron chi connectivity index (χ3n) is 3.12. The number of carbonyl (C=O) groups excluding carboxylic acids is 2. The van der Waals surface area contributed by atoms with E-state index in [0.29, 0.717) is 28.7 Å². The summed E-state index contributed by atoms with van der Waals surface area (Å²) in [6.45, 7) is 0.288. The van der Waals surface area contributed by atoms with Gasteiger partial charge in [-0.05, 0) is 12.1 Å². The van der Waals surface area contributed by atoms with Crippen molar-refractivity contribution in [1.82, 2.24) is 9.88 Å². The van der Waals surface area contributed by atoms with Gasteiger partial charge in [0.1, 0.15) is 5.01 Å². The molecule has 1 aromatic heterocycles. The molecule has 0 atom stereocenters. The number of carbonyl (C=O) groups is 2. The zero-order chi connectivity index (χ0) is 16.4. The van der Waals surface area contributed by atoms with Crippen molar-refractivity contribution in [3.8, 4) is 5.75 Å². The molecule has 2 heterocycles. The number of thiazole rings is 1. The smallest absolute Gasteiger partial charge is 0.322 e. The van der Waals surface area contributed by atoms with Crippen molar-refractivity contribution in [3.63, 3.8) is 0 Å². The van der Waals surface area contributed by atoms with Crippen molar-refractivity contribution in [2.75, 3.05) is 24.3 Å². The predicted octanol–water partition coefficient (Wildman–Crippen LogP) is 2.79. The van der Waals surface area contributed by atoms with E-state index in [9.17, 15) is 9.59 Å². The Bertz CT molecular complexity index is 751. The van der Waals surface area contributed by atoms with E-state index in [4.69, 9.17) is 16.3 Å². The van der Waals surface area contributed by atoms with E-state index in [1.807, 2.05) is 5.38 Å². The quantitative estimate of drug-likeness (QED) is 0.889. The third kappa shape index (κ3) is 3.54. The van der Waals surface area contributed by atoms with E-state index in [2.05, 4.69) is 15.6 Å². The molecule has 7 nitrogen and oxygen atoms in total. The standard InChI is InChI=1S/C14H13ClN4O3S/c1-19(6-12-16-2-3-23-12)14(21)18-10-5-8(15)4-9-13(10)22-7-11(20)17-9/h2-5H,6-7H2,1H3,(H,17,20)(H,18,21). The first-order valence-electron chi connectivity index (χ1n) is 6.69. The Morgan fingerprint density at radius 2 is 2.39 bits per heavy atom. The molecule has 0 saturated heterocycles. The number of benzene rings is 1. The molecule has 0 saturated carbocycles. The molecule has 1 aromatic carbocycles. The lowest BCUT2D eigenvalue weighted by Gasteiger charge is -2.23. The minimum atomic E-state index is -0.329. The maximum atomic E-state index is 12.3. The number of hydrogen-bond donors (Lipinski definition) is 2. The maximum Gasteiger partial charge on any atom is 0.322 e. The first-order valence-corrected chi connectivity index (χ1v) is 7.95. The molecular weight excluding hydrogens is 340 g/mol. The largest absolute Gasteiger partial charge is 0.479 e. The number of amides is 3. The number of halogens is 1. The first kappa shape index (κ1) is 15.6. The summed E-state index contributed by atoms with van der Waals surface area (Å²) < 4.78 is 5.39. The number of ether oxygens (including phenoxy) is 1. The van der Waals surface area contributed by atoms with Gasteiger partial charge in [-0.25, -0.2) is 9.78 Å². The summed E-state index contributed by atoms with van der Waals surface area (Å²) in [5.41, 5.74) is 0.843. The highest BCUT2D eigenvalue weighted by Gasteiger charge is 2.22. The van der Waals surface area contributed by atoms with Crippen LogP contribution in [0.4, 0.5) is 16.2 Å². The molecule has 0 bridgehead atoms. The first-order chi connectivity index (χ1) is 11.0. The van der Waals surface area contributed by atoms with Crippen LogP contribution in [0.25, 0.3) is 0 Å². The van der Waals surface area contributed by atoms with Crippen molar-refractivity contribution in [1.29, 1.82) is 0 Å². The summed E-state index contributed by atoms with van der Waals surface area (Å²) in [5, 5.41) is 8.47. The highest BCUT2D eigenvalue weighted by molar-refractivity contribution is 7.09. The van der Waals surface area contributed by atoms with Gasteiger partial charge in [0.25, 0.3) is 5.91 Å². The number of nitrogens with zero attached hydrogens (tertiary/aromatic N) is 2. The van der Waals surface area contributed by atoms with Crippen LogP contribution in [0.5, 0.6) is 5.75 Å². The predicted molar refractivity (Wildman–Crippen MR) is 88.2 cm³/mol. The van der Waals surface area contributed by atoms with Crippen LogP contribution < -0.4 is 15.4 Å². The summed E-state index contributed by atoms with van der Waals surface area (Å²) in [6.07, 6.45) is 1.69. The molecule has 23 heavy (non-hydrogen) atoms. The fraction of sp³-hybridized carbons (Fsp3) is 0.214. The van der Waals surface area contributed by atoms with E-state index >= 15 is 0 Å². The van der Waals surface area contributed by atoms with E-state index in [1.165, 1.54) is 16.2 Å². The van der Waals surface area contributed by atoms with Crippen LogP contribution in [0.2, 0.25) is 5.02 Å². The minimum absolute atomic E-state index is 0.105. The summed E-state index contributed by atoms with van der Waals surface area (Å²) in [7, 11) is 1.66. The Labute approximate surface area is 141 Å². The van der Waals surface area contributed by atoms with E-state index in [1.54, 1.807) is 25.4 Å². The van der Waals surface area contributed by atoms with Gasteiger partial charge in [-0.3, -0.25) is 4.79 Å². The lowest BCUT2D eigenvalue weighted by Crippen LogP contribution is -2.32.